The number of benzene rings is 1. The van der Waals surface area contributed by atoms with Crippen LogP contribution in [0.1, 0.15) is 27.9 Å². The van der Waals surface area contributed by atoms with E-state index >= 15 is 0 Å². The third-order valence-corrected chi connectivity index (χ3v) is 6.28. The van der Waals surface area contributed by atoms with Crippen LogP contribution >= 0.6 is 0 Å². The number of nitrogens with zero attached hydrogens (tertiary/aromatic N) is 5. The predicted molar refractivity (Wildman–Crippen MR) is 127 cm³/mol. The maximum absolute atomic E-state index is 13.1. The van der Waals surface area contributed by atoms with Crippen molar-refractivity contribution < 1.29 is 9.53 Å². The van der Waals surface area contributed by atoms with Gasteiger partial charge in [-0.25, -0.2) is 9.97 Å². The third kappa shape index (κ3) is 4.07. The van der Waals surface area contributed by atoms with Crippen LogP contribution in [0, 0.1) is 6.92 Å². The van der Waals surface area contributed by atoms with E-state index in [0.29, 0.717) is 18.8 Å². The Morgan fingerprint density at radius 1 is 1.00 bits per heavy atom. The molecular formula is C26H27N5O2. The Labute approximate surface area is 193 Å². The van der Waals surface area contributed by atoms with E-state index in [9.17, 15) is 4.79 Å². The number of imidazole rings is 1. The number of piperazine rings is 1. The number of aryl methyl sites for hydroxylation is 1. The molecule has 0 unspecified atom stereocenters. The molecule has 0 spiro atoms. The first-order chi connectivity index (χ1) is 16.0. The Morgan fingerprint density at radius 2 is 1.79 bits per heavy atom. The zero-order valence-electron chi connectivity index (χ0n) is 19.1. The van der Waals surface area contributed by atoms with Gasteiger partial charge in [0.25, 0.3) is 5.91 Å². The summed E-state index contributed by atoms with van der Waals surface area (Å²) in [7, 11) is 3.76. The van der Waals surface area contributed by atoms with E-state index in [0.717, 1.165) is 40.6 Å². The van der Waals surface area contributed by atoms with Crippen LogP contribution in [0.5, 0.6) is 5.75 Å². The van der Waals surface area contributed by atoms with Crippen LogP contribution in [-0.2, 0) is 0 Å². The van der Waals surface area contributed by atoms with Crippen LogP contribution in [-0.4, -0.2) is 63.9 Å². The maximum atomic E-state index is 13.1. The second-order valence-electron chi connectivity index (χ2n) is 8.45. The summed E-state index contributed by atoms with van der Waals surface area (Å²) < 4.78 is 7.41. The largest absolute Gasteiger partial charge is 0.497 e. The van der Waals surface area contributed by atoms with Crippen molar-refractivity contribution in [2.75, 3.05) is 33.8 Å². The minimum absolute atomic E-state index is 0.0103. The van der Waals surface area contributed by atoms with E-state index in [1.54, 1.807) is 13.2 Å². The molecule has 7 nitrogen and oxygen atoms in total. The molecule has 1 saturated heterocycles. The van der Waals surface area contributed by atoms with Crippen LogP contribution in [0.15, 0.2) is 66.9 Å². The molecule has 168 valence electrons. The van der Waals surface area contributed by atoms with Crippen molar-refractivity contribution in [2.45, 2.75) is 13.0 Å². The number of hydrogen-bond acceptors (Lipinski definition) is 5. The summed E-state index contributed by atoms with van der Waals surface area (Å²) in [6, 6.07) is 19.7. The summed E-state index contributed by atoms with van der Waals surface area (Å²) >= 11 is 0. The van der Waals surface area contributed by atoms with Crippen molar-refractivity contribution in [3.05, 3.63) is 83.9 Å². The lowest BCUT2D eigenvalue weighted by Crippen LogP contribution is -2.49. The predicted octanol–water partition coefficient (Wildman–Crippen LogP) is 3.84. The van der Waals surface area contributed by atoms with Crippen molar-refractivity contribution in [1.29, 1.82) is 0 Å². The first kappa shape index (κ1) is 21.2. The highest BCUT2D eigenvalue weighted by atomic mass is 16.5. The second kappa shape index (κ2) is 8.67. The number of carbonyl (C=O) groups is 1. The summed E-state index contributed by atoms with van der Waals surface area (Å²) in [5.74, 6) is 0.799. The van der Waals surface area contributed by atoms with E-state index in [1.807, 2.05) is 48.2 Å². The molecule has 1 aliphatic heterocycles. The molecule has 1 aliphatic rings. The Bertz CT molecular complexity index is 1300. The minimum Gasteiger partial charge on any atom is -0.497 e. The standard InChI is InChI=1S/C26H27N5O2/c1-18-6-4-7-21(27-18)26(32)30-15-14-29(2)24(17-30)22-16-31-23(8-5-9-25(31)28-22)19-10-12-20(33-3)13-11-19/h4-13,16,24H,14-15,17H2,1-3H3/t24-/m0/s1. The normalized spacial score (nSPS) is 16.8. The third-order valence-electron chi connectivity index (χ3n) is 6.28. The van der Waals surface area contributed by atoms with Gasteiger partial charge in [-0.1, -0.05) is 12.1 Å². The highest BCUT2D eigenvalue weighted by molar-refractivity contribution is 5.92. The summed E-state index contributed by atoms with van der Waals surface area (Å²) in [4.78, 5) is 26.6. The van der Waals surface area contributed by atoms with Gasteiger partial charge in [0.05, 0.1) is 24.5 Å². The molecule has 7 heteroatoms. The molecule has 1 aromatic carbocycles. The lowest BCUT2D eigenvalue weighted by Gasteiger charge is -2.38. The van der Waals surface area contributed by atoms with Gasteiger partial charge < -0.3 is 9.64 Å². The van der Waals surface area contributed by atoms with E-state index < -0.39 is 0 Å². The average molecular weight is 442 g/mol. The highest BCUT2D eigenvalue weighted by Crippen LogP contribution is 2.28. The Balaban J connectivity index is 1.45. The minimum atomic E-state index is -0.0283. The molecule has 0 aliphatic carbocycles. The Hall–Kier alpha value is -3.71. The number of likely N-dealkylation sites (N-methyl/N-ethyl adjacent to an activating group) is 1. The number of methoxy groups -OCH3 is 1. The fraction of sp³-hybridized carbons (Fsp3) is 0.269. The molecule has 0 saturated carbocycles. The Morgan fingerprint density at radius 3 is 2.55 bits per heavy atom. The van der Waals surface area contributed by atoms with Crippen molar-refractivity contribution in [2.24, 2.45) is 0 Å². The number of carbonyl (C=O) groups excluding carboxylic acids is 1. The number of pyridine rings is 2. The fourth-order valence-corrected chi connectivity index (χ4v) is 4.39. The van der Waals surface area contributed by atoms with Gasteiger partial charge >= 0.3 is 0 Å². The smallest absolute Gasteiger partial charge is 0.272 e. The van der Waals surface area contributed by atoms with Crippen molar-refractivity contribution in [3.63, 3.8) is 0 Å². The van der Waals surface area contributed by atoms with Crippen LogP contribution in [0.25, 0.3) is 16.9 Å². The lowest BCUT2D eigenvalue weighted by molar-refractivity contribution is 0.0535. The second-order valence-corrected chi connectivity index (χ2v) is 8.45. The van der Waals surface area contributed by atoms with Crippen LogP contribution < -0.4 is 4.74 Å². The first-order valence-corrected chi connectivity index (χ1v) is 11.1. The highest BCUT2D eigenvalue weighted by Gasteiger charge is 2.31. The number of fused-ring (bicyclic) bond motifs is 1. The average Bonchev–Trinajstić information content (AvgIpc) is 3.28. The van der Waals surface area contributed by atoms with Crippen molar-refractivity contribution in [1.82, 2.24) is 24.2 Å². The summed E-state index contributed by atoms with van der Waals surface area (Å²) in [5, 5.41) is 0. The molecule has 33 heavy (non-hydrogen) atoms. The lowest BCUT2D eigenvalue weighted by atomic mass is 10.1. The number of rotatable bonds is 4. The number of amides is 1. The van der Waals surface area contributed by atoms with Gasteiger partial charge in [0.15, 0.2) is 0 Å². The molecule has 1 amide bonds. The molecule has 0 bridgehead atoms. The van der Waals surface area contributed by atoms with E-state index in [2.05, 4.69) is 45.7 Å². The summed E-state index contributed by atoms with van der Waals surface area (Å²) in [5.41, 5.74) is 5.32. The number of ether oxygens (including phenoxy) is 1. The van der Waals surface area contributed by atoms with E-state index in [1.165, 1.54) is 0 Å². The molecule has 4 aromatic rings. The monoisotopic (exact) mass is 441 g/mol. The van der Waals surface area contributed by atoms with Crippen molar-refractivity contribution >= 4 is 11.6 Å². The van der Waals surface area contributed by atoms with Gasteiger partial charge in [-0.3, -0.25) is 14.1 Å². The number of hydrogen-bond donors (Lipinski definition) is 0. The van der Waals surface area contributed by atoms with Gasteiger partial charge in [-0.15, -0.1) is 0 Å². The van der Waals surface area contributed by atoms with Crippen molar-refractivity contribution in [3.8, 4) is 17.0 Å². The molecule has 3 aromatic heterocycles. The summed E-state index contributed by atoms with van der Waals surface area (Å²) in [6.45, 7) is 3.93. The molecule has 1 atom stereocenters. The Kier molecular flexibility index (Phi) is 5.56. The topological polar surface area (TPSA) is 63.0 Å². The van der Waals surface area contributed by atoms with Gasteiger partial charge in [0.2, 0.25) is 0 Å². The maximum Gasteiger partial charge on any atom is 0.272 e. The van der Waals surface area contributed by atoms with E-state index in [-0.39, 0.29) is 11.9 Å². The zero-order chi connectivity index (χ0) is 22.9. The first-order valence-electron chi connectivity index (χ1n) is 11.1. The molecule has 0 N–H and O–H groups in total. The molecule has 5 rings (SSSR count). The number of aromatic nitrogens is 3. The van der Waals surface area contributed by atoms with Gasteiger partial charge in [-0.2, -0.15) is 0 Å². The quantitative estimate of drug-likeness (QED) is 0.482. The van der Waals surface area contributed by atoms with Crippen LogP contribution in [0.3, 0.4) is 0 Å². The molecular weight excluding hydrogens is 414 g/mol. The van der Waals surface area contributed by atoms with Gasteiger partial charge in [0, 0.05) is 31.5 Å². The SMILES string of the molecule is COc1ccc(-c2cccc3nc([C@@H]4CN(C(=O)c5cccc(C)n5)CCN4C)cn23)cc1. The van der Waals surface area contributed by atoms with Crippen LogP contribution in [0.4, 0.5) is 0 Å². The summed E-state index contributed by atoms with van der Waals surface area (Å²) in [6.07, 6.45) is 2.09. The van der Waals surface area contributed by atoms with Gasteiger partial charge in [-0.05, 0) is 68.1 Å². The molecule has 0 radical (unpaired) electrons. The fourth-order valence-electron chi connectivity index (χ4n) is 4.39. The van der Waals surface area contributed by atoms with Crippen LogP contribution in [0.2, 0.25) is 0 Å². The molecule has 4 heterocycles. The van der Waals surface area contributed by atoms with E-state index in [4.69, 9.17) is 9.72 Å². The molecule has 1 fully saturated rings. The van der Waals surface area contributed by atoms with Gasteiger partial charge in [0.1, 0.15) is 17.1 Å². The zero-order valence-corrected chi connectivity index (χ0v) is 19.1.